The summed E-state index contributed by atoms with van der Waals surface area (Å²) in [5.41, 5.74) is 0. The molecule has 0 fully saturated rings. The summed E-state index contributed by atoms with van der Waals surface area (Å²) in [5, 5.41) is 9.75. The molecule has 0 spiro atoms. The molecule has 0 aliphatic carbocycles. The minimum absolute atomic E-state index is 0.0909. The van der Waals surface area contributed by atoms with Crippen molar-refractivity contribution in [2.75, 3.05) is 35.0 Å². The van der Waals surface area contributed by atoms with Crippen molar-refractivity contribution in [3.63, 3.8) is 0 Å². The Labute approximate surface area is 95.4 Å². The molecule has 0 unspecified atom stereocenters. The summed E-state index contributed by atoms with van der Waals surface area (Å²) in [6.45, 7) is 0.0909. The van der Waals surface area contributed by atoms with E-state index in [0.29, 0.717) is 6.29 Å². The van der Waals surface area contributed by atoms with Gasteiger partial charge in [0.15, 0.2) is 6.29 Å². The van der Waals surface area contributed by atoms with Crippen LogP contribution in [0.5, 0.6) is 0 Å². The van der Waals surface area contributed by atoms with Crippen LogP contribution in [0.4, 0.5) is 0 Å². The van der Waals surface area contributed by atoms with Crippen LogP contribution in [0.2, 0.25) is 0 Å². The molecule has 0 heterocycles. The lowest BCUT2D eigenvalue weighted by Gasteiger charge is -2.31. The first-order chi connectivity index (χ1) is 7.65. The van der Waals surface area contributed by atoms with E-state index in [-0.39, 0.29) is 6.61 Å². The van der Waals surface area contributed by atoms with Gasteiger partial charge in [0.25, 0.3) is 0 Å². The number of aldehydes is 1. The molecule has 0 saturated carbocycles. The van der Waals surface area contributed by atoms with E-state index in [1.54, 1.807) is 0 Å². The highest BCUT2D eigenvalue weighted by Gasteiger charge is 2.34. The molecule has 0 aliphatic rings. The van der Waals surface area contributed by atoms with Crippen molar-refractivity contribution >= 4 is 6.29 Å². The largest absolute Gasteiger partial charge is 0.388 e. The average molecular weight is 236 g/mol. The highest BCUT2D eigenvalue weighted by Crippen LogP contribution is 2.13. The van der Waals surface area contributed by atoms with Gasteiger partial charge in [0.2, 0.25) is 0 Å². The first-order valence-electron chi connectivity index (χ1n) is 4.86. The van der Waals surface area contributed by atoms with Gasteiger partial charge >= 0.3 is 0 Å². The molecule has 0 rings (SSSR count). The molecule has 0 amide bonds. The smallest absolute Gasteiger partial charge is 0.151 e. The second-order valence-corrected chi connectivity index (χ2v) is 3.26. The Morgan fingerprint density at radius 3 is 1.94 bits per heavy atom. The Hall–Kier alpha value is -0.530. The number of carbonyl (C=O) groups excluding carboxylic acids is 1. The molecule has 4 atom stereocenters. The number of ether oxygens (including phenoxy) is 4. The maximum atomic E-state index is 10.8. The number of aliphatic hydroxyl groups excluding tert-OH is 1. The predicted octanol–water partition coefficient (Wildman–Crippen LogP) is -0.762. The maximum Gasteiger partial charge on any atom is 0.151 e. The standard InChI is InChI=1S/C10H20O6/c1-13-6-7(12)9(15-3)10(16-4)8(5-11)14-2/h5,7-10,12H,6H2,1-4H3/t7-,8+,9-,10-/m0/s1. The van der Waals surface area contributed by atoms with Gasteiger partial charge in [0.1, 0.15) is 24.4 Å². The first kappa shape index (κ1) is 15.5. The molecule has 0 aromatic carbocycles. The molecule has 0 bridgehead atoms. The summed E-state index contributed by atoms with van der Waals surface area (Å²) in [6, 6.07) is 0. The summed E-state index contributed by atoms with van der Waals surface area (Å²) in [4.78, 5) is 10.8. The van der Waals surface area contributed by atoms with Crippen molar-refractivity contribution < 1.29 is 28.8 Å². The zero-order valence-electron chi connectivity index (χ0n) is 10.1. The summed E-state index contributed by atoms with van der Waals surface area (Å²) in [7, 11) is 5.70. The van der Waals surface area contributed by atoms with Crippen LogP contribution in [-0.2, 0) is 23.7 Å². The van der Waals surface area contributed by atoms with Gasteiger partial charge in [-0.15, -0.1) is 0 Å². The van der Waals surface area contributed by atoms with E-state index in [4.69, 9.17) is 18.9 Å². The summed E-state index contributed by atoms with van der Waals surface area (Å²) >= 11 is 0. The lowest BCUT2D eigenvalue weighted by molar-refractivity contribution is -0.156. The molecule has 0 aliphatic heterocycles. The van der Waals surface area contributed by atoms with Crippen molar-refractivity contribution in [2.24, 2.45) is 0 Å². The Kier molecular flexibility index (Phi) is 8.32. The van der Waals surface area contributed by atoms with Gasteiger partial charge in [0, 0.05) is 28.4 Å². The van der Waals surface area contributed by atoms with E-state index in [0.717, 1.165) is 0 Å². The molecule has 96 valence electrons. The maximum absolute atomic E-state index is 10.8. The Balaban J connectivity index is 4.65. The van der Waals surface area contributed by atoms with Gasteiger partial charge in [-0.25, -0.2) is 0 Å². The van der Waals surface area contributed by atoms with Gasteiger partial charge in [-0.3, -0.25) is 0 Å². The van der Waals surface area contributed by atoms with Crippen LogP contribution in [0.1, 0.15) is 0 Å². The normalized spacial score (nSPS) is 18.8. The van der Waals surface area contributed by atoms with Gasteiger partial charge in [-0.05, 0) is 0 Å². The SMILES string of the molecule is COC[C@H](O)[C@H](OC)[C@@H](OC)[C@@H](C=O)OC. The highest BCUT2D eigenvalue weighted by atomic mass is 16.6. The third-order valence-corrected chi connectivity index (χ3v) is 2.31. The third-order valence-electron chi connectivity index (χ3n) is 2.31. The van der Waals surface area contributed by atoms with Crippen molar-refractivity contribution in [1.29, 1.82) is 0 Å². The van der Waals surface area contributed by atoms with E-state index < -0.39 is 24.4 Å². The van der Waals surface area contributed by atoms with Gasteiger partial charge in [0.05, 0.1) is 6.61 Å². The van der Waals surface area contributed by atoms with E-state index in [9.17, 15) is 9.90 Å². The lowest BCUT2D eigenvalue weighted by Crippen LogP contribution is -2.49. The summed E-state index contributed by atoms with van der Waals surface area (Å²) < 4.78 is 20.0. The van der Waals surface area contributed by atoms with Crippen molar-refractivity contribution in [3.8, 4) is 0 Å². The van der Waals surface area contributed by atoms with E-state index in [2.05, 4.69) is 0 Å². The monoisotopic (exact) mass is 236 g/mol. The number of rotatable bonds is 9. The molecular formula is C10H20O6. The quantitative estimate of drug-likeness (QED) is 0.530. The molecule has 6 nitrogen and oxygen atoms in total. The topological polar surface area (TPSA) is 74.2 Å². The number of hydrogen-bond acceptors (Lipinski definition) is 6. The Morgan fingerprint density at radius 1 is 1.06 bits per heavy atom. The lowest BCUT2D eigenvalue weighted by atomic mass is 10.0. The minimum Gasteiger partial charge on any atom is -0.388 e. The summed E-state index contributed by atoms with van der Waals surface area (Å²) in [5.74, 6) is 0. The van der Waals surface area contributed by atoms with Gasteiger partial charge in [-0.1, -0.05) is 0 Å². The second kappa shape index (κ2) is 8.60. The van der Waals surface area contributed by atoms with Crippen LogP contribution < -0.4 is 0 Å². The fraction of sp³-hybridized carbons (Fsp3) is 0.900. The van der Waals surface area contributed by atoms with Gasteiger partial charge < -0.3 is 28.8 Å². The average Bonchev–Trinajstić information content (AvgIpc) is 2.29. The van der Waals surface area contributed by atoms with Crippen molar-refractivity contribution in [2.45, 2.75) is 24.4 Å². The van der Waals surface area contributed by atoms with Crippen molar-refractivity contribution in [3.05, 3.63) is 0 Å². The van der Waals surface area contributed by atoms with E-state index in [1.165, 1.54) is 28.4 Å². The van der Waals surface area contributed by atoms with Crippen LogP contribution in [0.3, 0.4) is 0 Å². The zero-order chi connectivity index (χ0) is 12.6. The van der Waals surface area contributed by atoms with Crippen LogP contribution >= 0.6 is 0 Å². The molecule has 6 heteroatoms. The molecule has 0 aromatic heterocycles. The number of aliphatic hydroxyl groups is 1. The fourth-order valence-corrected chi connectivity index (χ4v) is 1.50. The van der Waals surface area contributed by atoms with E-state index >= 15 is 0 Å². The fourth-order valence-electron chi connectivity index (χ4n) is 1.50. The number of methoxy groups -OCH3 is 4. The Morgan fingerprint density at radius 2 is 1.62 bits per heavy atom. The van der Waals surface area contributed by atoms with Crippen LogP contribution in [0.15, 0.2) is 0 Å². The molecule has 0 radical (unpaired) electrons. The molecule has 16 heavy (non-hydrogen) atoms. The molecule has 0 saturated heterocycles. The Bertz CT molecular complexity index is 186. The van der Waals surface area contributed by atoms with Gasteiger partial charge in [-0.2, -0.15) is 0 Å². The molecular weight excluding hydrogens is 216 g/mol. The second-order valence-electron chi connectivity index (χ2n) is 3.26. The van der Waals surface area contributed by atoms with Crippen LogP contribution in [0.25, 0.3) is 0 Å². The first-order valence-corrected chi connectivity index (χ1v) is 4.86. The van der Waals surface area contributed by atoms with Crippen LogP contribution in [-0.4, -0.2) is 70.9 Å². The van der Waals surface area contributed by atoms with E-state index in [1.807, 2.05) is 0 Å². The predicted molar refractivity (Wildman–Crippen MR) is 56.3 cm³/mol. The van der Waals surface area contributed by atoms with Crippen molar-refractivity contribution in [1.82, 2.24) is 0 Å². The summed E-state index contributed by atoms with van der Waals surface area (Å²) in [6.07, 6.45) is -2.45. The highest BCUT2D eigenvalue weighted by molar-refractivity contribution is 5.57. The van der Waals surface area contributed by atoms with Crippen LogP contribution in [0, 0.1) is 0 Å². The number of carbonyl (C=O) groups is 1. The third kappa shape index (κ3) is 4.15. The minimum atomic E-state index is -0.891. The molecule has 0 aromatic rings. The number of hydrogen-bond donors (Lipinski definition) is 1. The zero-order valence-corrected chi connectivity index (χ0v) is 10.1. The molecule has 1 N–H and O–H groups in total.